The third-order valence-electron chi connectivity index (χ3n) is 4.88. The molecule has 144 valence electrons. The highest BCUT2D eigenvalue weighted by molar-refractivity contribution is 5.86. The number of fused-ring (bicyclic) bond motifs is 1. The molecule has 7 heteroatoms. The minimum Gasteiger partial charge on any atom is -0.465 e. The quantitative estimate of drug-likeness (QED) is 0.543. The van der Waals surface area contributed by atoms with Gasteiger partial charge in [0, 0.05) is 13.0 Å². The number of carbonyl (C=O) groups is 2. The summed E-state index contributed by atoms with van der Waals surface area (Å²) in [5.74, 6) is -0.420. The second kappa shape index (κ2) is 8.83. The summed E-state index contributed by atoms with van der Waals surface area (Å²) in [5.41, 5.74) is 0.866. The molecular weight excluding hydrogens is 346 g/mol. The molecule has 1 heterocycles. The van der Waals surface area contributed by atoms with Crippen molar-refractivity contribution in [3.8, 4) is 0 Å². The molecule has 3 rings (SSSR count). The lowest BCUT2D eigenvalue weighted by Crippen LogP contribution is -2.53. The van der Waals surface area contributed by atoms with Gasteiger partial charge in [-0.15, -0.1) is 0 Å². The highest BCUT2D eigenvalue weighted by Gasteiger charge is 2.27. The standard InChI is InChI=1S/C20H25N3O4/c24-18-12-21-9-3-6-16(18)22-19(25)17(23-20(26)27)11-13-7-8-14-4-1-2-5-15(14)10-13/h1-2,4-5,7-8,10,16-18,21,23-24H,3,6,9,11-12H2,(H,22,25)(H,26,27)/t16?,17?,18-/m0/s1. The molecule has 1 saturated heterocycles. The van der Waals surface area contributed by atoms with E-state index in [-0.39, 0.29) is 12.5 Å². The van der Waals surface area contributed by atoms with Gasteiger partial charge in [-0.1, -0.05) is 42.5 Å². The topological polar surface area (TPSA) is 111 Å². The number of aliphatic hydroxyl groups excluding tert-OH is 1. The molecule has 0 spiro atoms. The average molecular weight is 371 g/mol. The van der Waals surface area contributed by atoms with Crippen LogP contribution in [0.4, 0.5) is 4.79 Å². The Kier molecular flexibility index (Phi) is 6.26. The van der Waals surface area contributed by atoms with Gasteiger partial charge in [0.2, 0.25) is 5.91 Å². The lowest BCUT2D eigenvalue weighted by molar-refractivity contribution is -0.124. The van der Waals surface area contributed by atoms with Gasteiger partial charge in [-0.3, -0.25) is 4.79 Å². The van der Waals surface area contributed by atoms with E-state index in [9.17, 15) is 14.7 Å². The van der Waals surface area contributed by atoms with Crippen molar-refractivity contribution in [3.05, 3.63) is 48.0 Å². The number of carboxylic acid groups (broad SMARTS) is 1. The number of aliphatic hydroxyl groups is 1. The van der Waals surface area contributed by atoms with Crippen LogP contribution in [0.5, 0.6) is 0 Å². The summed E-state index contributed by atoms with van der Waals surface area (Å²) in [5, 5.41) is 29.6. The van der Waals surface area contributed by atoms with Gasteiger partial charge in [-0.25, -0.2) is 4.79 Å². The summed E-state index contributed by atoms with van der Waals surface area (Å²) in [7, 11) is 0. The summed E-state index contributed by atoms with van der Waals surface area (Å²) < 4.78 is 0. The fourth-order valence-corrected chi connectivity index (χ4v) is 3.44. The number of amides is 2. The third-order valence-corrected chi connectivity index (χ3v) is 4.88. The van der Waals surface area contributed by atoms with E-state index in [1.165, 1.54) is 0 Å². The summed E-state index contributed by atoms with van der Waals surface area (Å²) >= 11 is 0. The molecule has 2 unspecified atom stereocenters. The van der Waals surface area contributed by atoms with E-state index in [0.29, 0.717) is 13.0 Å². The first-order chi connectivity index (χ1) is 13.0. The first-order valence-corrected chi connectivity index (χ1v) is 9.19. The van der Waals surface area contributed by atoms with Crippen LogP contribution < -0.4 is 16.0 Å². The van der Waals surface area contributed by atoms with Crippen LogP contribution in [-0.4, -0.2) is 53.5 Å². The zero-order valence-corrected chi connectivity index (χ0v) is 15.0. The minimum absolute atomic E-state index is 0.240. The van der Waals surface area contributed by atoms with Gasteiger partial charge in [0.05, 0.1) is 12.1 Å². The smallest absolute Gasteiger partial charge is 0.405 e. The second-order valence-electron chi connectivity index (χ2n) is 6.92. The van der Waals surface area contributed by atoms with E-state index in [1.54, 1.807) is 0 Å². The van der Waals surface area contributed by atoms with Crippen molar-refractivity contribution in [1.82, 2.24) is 16.0 Å². The number of hydrogen-bond donors (Lipinski definition) is 5. The molecule has 1 aliphatic heterocycles. The van der Waals surface area contributed by atoms with Gasteiger partial charge in [0.1, 0.15) is 6.04 Å². The molecule has 0 aliphatic carbocycles. The van der Waals surface area contributed by atoms with Gasteiger partial charge in [0.15, 0.2) is 0 Å². The predicted molar refractivity (Wildman–Crippen MR) is 103 cm³/mol. The lowest BCUT2D eigenvalue weighted by atomic mass is 10.00. The van der Waals surface area contributed by atoms with E-state index in [2.05, 4.69) is 16.0 Å². The third kappa shape index (κ3) is 5.18. The number of benzene rings is 2. The van der Waals surface area contributed by atoms with Crippen molar-refractivity contribution in [2.24, 2.45) is 0 Å². The number of rotatable bonds is 5. The van der Waals surface area contributed by atoms with E-state index >= 15 is 0 Å². The zero-order valence-electron chi connectivity index (χ0n) is 15.0. The van der Waals surface area contributed by atoms with E-state index in [1.807, 2.05) is 42.5 Å². The Hall–Kier alpha value is -2.64. The Bertz CT molecular complexity index is 811. The van der Waals surface area contributed by atoms with Gasteiger partial charge >= 0.3 is 6.09 Å². The molecule has 0 radical (unpaired) electrons. The molecule has 1 fully saturated rings. The first-order valence-electron chi connectivity index (χ1n) is 9.19. The van der Waals surface area contributed by atoms with E-state index in [0.717, 1.165) is 29.3 Å². The maximum absolute atomic E-state index is 12.7. The molecule has 27 heavy (non-hydrogen) atoms. The van der Waals surface area contributed by atoms with Gasteiger partial charge in [0.25, 0.3) is 0 Å². The molecule has 2 aromatic carbocycles. The van der Waals surface area contributed by atoms with Crippen LogP contribution in [0.15, 0.2) is 42.5 Å². The van der Waals surface area contributed by atoms with Crippen molar-refractivity contribution in [1.29, 1.82) is 0 Å². The molecular formula is C20H25N3O4. The Morgan fingerprint density at radius 1 is 1.19 bits per heavy atom. The molecule has 2 aromatic rings. The zero-order chi connectivity index (χ0) is 19.2. The molecule has 0 bridgehead atoms. The normalized spacial score (nSPS) is 21.2. The Morgan fingerprint density at radius 2 is 1.96 bits per heavy atom. The summed E-state index contributed by atoms with van der Waals surface area (Å²) in [6, 6.07) is 12.4. The van der Waals surface area contributed by atoms with Crippen molar-refractivity contribution in [2.75, 3.05) is 13.1 Å². The Labute approximate surface area is 157 Å². The van der Waals surface area contributed by atoms with Gasteiger partial charge < -0.3 is 26.2 Å². The van der Waals surface area contributed by atoms with E-state index in [4.69, 9.17) is 5.11 Å². The molecule has 0 aromatic heterocycles. The largest absolute Gasteiger partial charge is 0.465 e. The molecule has 1 aliphatic rings. The van der Waals surface area contributed by atoms with Crippen LogP contribution in [0, 0.1) is 0 Å². The van der Waals surface area contributed by atoms with Crippen LogP contribution in [0.3, 0.4) is 0 Å². The average Bonchev–Trinajstić information content (AvgIpc) is 2.85. The highest BCUT2D eigenvalue weighted by atomic mass is 16.4. The first kappa shape index (κ1) is 19.1. The van der Waals surface area contributed by atoms with Crippen molar-refractivity contribution < 1.29 is 19.8 Å². The number of carbonyl (C=O) groups excluding carboxylic acids is 1. The van der Waals surface area contributed by atoms with E-state index < -0.39 is 24.1 Å². The van der Waals surface area contributed by atoms with Crippen LogP contribution in [0.2, 0.25) is 0 Å². The molecule has 7 nitrogen and oxygen atoms in total. The Morgan fingerprint density at radius 3 is 2.74 bits per heavy atom. The summed E-state index contributed by atoms with van der Waals surface area (Å²) in [4.78, 5) is 23.9. The fraction of sp³-hybridized carbons (Fsp3) is 0.400. The summed E-state index contributed by atoms with van der Waals surface area (Å²) in [6.07, 6.45) is -0.217. The Balaban J connectivity index is 1.73. The molecule has 5 N–H and O–H groups in total. The highest BCUT2D eigenvalue weighted by Crippen LogP contribution is 2.17. The molecule has 3 atom stereocenters. The van der Waals surface area contributed by atoms with Crippen LogP contribution in [-0.2, 0) is 11.2 Å². The van der Waals surface area contributed by atoms with Gasteiger partial charge in [-0.2, -0.15) is 0 Å². The fourth-order valence-electron chi connectivity index (χ4n) is 3.44. The lowest BCUT2D eigenvalue weighted by Gasteiger charge is -2.25. The SMILES string of the molecule is O=C(O)NC(Cc1ccc2ccccc2c1)C(=O)NC1CCCNC[C@@H]1O. The monoisotopic (exact) mass is 371 g/mol. The van der Waals surface area contributed by atoms with Gasteiger partial charge in [-0.05, 0) is 35.7 Å². The molecule has 2 amide bonds. The van der Waals surface area contributed by atoms with Crippen LogP contribution >= 0.6 is 0 Å². The molecule has 0 saturated carbocycles. The maximum Gasteiger partial charge on any atom is 0.405 e. The van der Waals surface area contributed by atoms with Crippen molar-refractivity contribution >= 4 is 22.8 Å². The minimum atomic E-state index is -1.25. The maximum atomic E-state index is 12.7. The number of hydrogen-bond acceptors (Lipinski definition) is 4. The van der Waals surface area contributed by atoms with Crippen LogP contribution in [0.1, 0.15) is 18.4 Å². The summed E-state index contributed by atoms with van der Waals surface area (Å²) in [6.45, 7) is 1.20. The van der Waals surface area contributed by atoms with Crippen LogP contribution in [0.25, 0.3) is 10.8 Å². The second-order valence-corrected chi connectivity index (χ2v) is 6.92. The van der Waals surface area contributed by atoms with Crippen molar-refractivity contribution in [3.63, 3.8) is 0 Å². The number of nitrogens with one attached hydrogen (secondary N) is 3. The predicted octanol–water partition coefficient (Wildman–Crippen LogP) is 1.25. The van der Waals surface area contributed by atoms with Crippen molar-refractivity contribution in [2.45, 2.75) is 37.5 Å². The number of β-amino-alcohol motifs (C(OH)–C–C–N with tert-alkyl or cyclic N) is 1.